The van der Waals surface area contributed by atoms with Gasteiger partial charge in [0.05, 0.1) is 18.8 Å². The van der Waals surface area contributed by atoms with Crippen molar-refractivity contribution in [3.05, 3.63) is 134 Å². The van der Waals surface area contributed by atoms with Gasteiger partial charge < -0.3 is 15.5 Å². The molecule has 0 spiro atoms. The van der Waals surface area contributed by atoms with Crippen LogP contribution in [0.2, 0.25) is 0 Å². The molecule has 1 amide bonds. The number of amides is 1. The van der Waals surface area contributed by atoms with Gasteiger partial charge in [-0.2, -0.15) is 0 Å². The van der Waals surface area contributed by atoms with Crippen LogP contribution < -0.4 is 5.32 Å². The Bertz CT molecular complexity index is 1160. The third-order valence-electron chi connectivity index (χ3n) is 8.58. The number of carbonyl (C=O) groups is 1. The molecule has 0 aromatic carbocycles. The smallest absolute Gasteiger partial charge is 0.220 e. The summed E-state index contributed by atoms with van der Waals surface area (Å²) in [5.41, 5.74) is 0. The number of carbonyl (C=O) groups excluding carboxylic acids is 1. The second-order valence-electron chi connectivity index (χ2n) is 13.7. The maximum atomic E-state index is 12.3. The van der Waals surface area contributed by atoms with E-state index in [1.807, 2.05) is 6.08 Å². The van der Waals surface area contributed by atoms with Crippen LogP contribution in [0.25, 0.3) is 0 Å². The van der Waals surface area contributed by atoms with Crippen LogP contribution in [0.3, 0.4) is 0 Å². The Kier molecular flexibility index (Phi) is 41.1. The van der Waals surface area contributed by atoms with E-state index in [2.05, 4.69) is 141 Å². The van der Waals surface area contributed by atoms with E-state index < -0.39 is 12.1 Å². The summed E-state index contributed by atoms with van der Waals surface area (Å²) in [6.07, 6.45) is 69.8. The molecule has 4 heteroatoms. The fourth-order valence-electron chi connectivity index (χ4n) is 5.35. The lowest BCUT2D eigenvalue weighted by Gasteiger charge is -2.19. The third kappa shape index (κ3) is 39.7. The summed E-state index contributed by atoms with van der Waals surface area (Å²) in [4.78, 5) is 12.3. The summed E-state index contributed by atoms with van der Waals surface area (Å²) in [5.74, 6) is -0.103. The lowest BCUT2D eigenvalue weighted by molar-refractivity contribution is -0.123. The van der Waals surface area contributed by atoms with Gasteiger partial charge in [0.2, 0.25) is 5.91 Å². The molecule has 3 N–H and O–H groups in total. The molecule has 0 aliphatic rings. The highest BCUT2D eigenvalue weighted by atomic mass is 16.3. The van der Waals surface area contributed by atoms with Gasteiger partial charge in [-0.1, -0.05) is 180 Å². The topological polar surface area (TPSA) is 69.6 Å². The highest BCUT2D eigenvalue weighted by molar-refractivity contribution is 5.76. The van der Waals surface area contributed by atoms with Crippen LogP contribution >= 0.6 is 0 Å². The van der Waals surface area contributed by atoms with Crippen LogP contribution in [-0.2, 0) is 4.79 Å². The fourth-order valence-corrected chi connectivity index (χ4v) is 5.35. The van der Waals surface area contributed by atoms with Gasteiger partial charge in [-0.3, -0.25) is 4.79 Å². The summed E-state index contributed by atoms with van der Waals surface area (Å²) < 4.78 is 0. The molecule has 0 saturated carbocycles. The predicted octanol–water partition coefficient (Wildman–Crippen LogP) is 13.6. The van der Waals surface area contributed by atoms with E-state index in [1.54, 1.807) is 6.08 Å². The number of unbranched alkanes of at least 4 members (excludes halogenated alkanes) is 9. The first-order valence-electron chi connectivity index (χ1n) is 21.4. The molecule has 302 valence electrons. The minimum atomic E-state index is -0.884. The van der Waals surface area contributed by atoms with Crippen LogP contribution in [0.15, 0.2) is 134 Å². The Morgan fingerprint density at radius 2 is 0.833 bits per heavy atom. The molecule has 0 radical (unpaired) electrons. The molecule has 0 saturated heterocycles. The number of rotatable bonds is 36. The van der Waals surface area contributed by atoms with Gasteiger partial charge in [0.1, 0.15) is 0 Å². The Balaban J connectivity index is 3.72. The molecule has 2 atom stereocenters. The van der Waals surface area contributed by atoms with Crippen LogP contribution in [0, 0.1) is 0 Å². The van der Waals surface area contributed by atoms with E-state index in [1.165, 1.54) is 25.7 Å². The van der Waals surface area contributed by atoms with Crippen molar-refractivity contribution in [2.24, 2.45) is 0 Å². The van der Waals surface area contributed by atoms with Crippen molar-refractivity contribution in [2.45, 2.75) is 167 Å². The van der Waals surface area contributed by atoms with E-state index in [0.29, 0.717) is 6.42 Å². The second-order valence-corrected chi connectivity index (χ2v) is 13.7. The molecule has 2 unspecified atom stereocenters. The van der Waals surface area contributed by atoms with E-state index in [-0.39, 0.29) is 12.5 Å². The molecule has 0 aromatic rings. The second kappa shape index (κ2) is 43.9. The Hall–Kier alpha value is -3.47. The molecule has 0 bridgehead atoms. The van der Waals surface area contributed by atoms with Crippen LogP contribution in [0.1, 0.15) is 155 Å². The molecule has 0 aliphatic carbocycles. The van der Waals surface area contributed by atoms with Crippen molar-refractivity contribution in [2.75, 3.05) is 6.61 Å². The minimum absolute atomic E-state index is 0.103. The molecule has 0 fully saturated rings. The highest BCUT2D eigenvalue weighted by Crippen LogP contribution is 2.10. The summed E-state index contributed by atoms with van der Waals surface area (Å²) in [6.45, 7) is 4.07. The average Bonchev–Trinajstić information content (AvgIpc) is 3.18. The van der Waals surface area contributed by atoms with Gasteiger partial charge in [-0.05, 0) is 103 Å². The summed E-state index contributed by atoms with van der Waals surface area (Å²) in [7, 11) is 0. The maximum Gasteiger partial charge on any atom is 0.220 e. The van der Waals surface area contributed by atoms with Crippen molar-refractivity contribution < 1.29 is 15.0 Å². The van der Waals surface area contributed by atoms with Gasteiger partial charge in [0.25, 0.3) is 0 Å². The standard InChI is InChI=1S/C50H79NO3/c1-3-5-7-9-11-13-15-16-17-18-19-20-21-22-23-24-25-26-27-28-29-30-31-32-33-34-36-38-40-42-44-46-50(54)51-48(47-52)49(53)45-43-41-39-37-35-14-12-10-8-6-4-2/h5,7-8,10-11,13,16-17,19-20,22-23,25-26,28-29,31-32,35,37,43,45,48-49,52-53H,3-4,6,9,12,14-15,18,21,24,27,30,33-34,36,38-42,44,46-47H2,1-2H3,(H,51,54)/b7-5-,10-8+,13-11-,17-16-,20-19-,23-22-,26-25-,29-28-,32-31-,37-35+,45-43+. The molecule has 4 nitrogen and oxygen atoms in total. The molecule has 0 heterocycles. The lowest BCUT2D eigenvalue weighted by atomic mass is 10.1. The number of allylic oxidation sites excluding steroid dienone is 21. The molecule has 0 rings (SSSR count). The zero-order valence-electron chi connectivity index (χ0n) is 34.4. The van der Waals surface area contributed by atoms with Crippen molar-refractivity contribution in [1.82, 2.24) is 5.32 Å². The number of hydrogen-bond donors (Lipinski definition) is 3. The number of aliphatic hydroxyl groups is 2. The van der Waals surface area contributed by atoms with Crippen molar-refractivity contribution in [1.29, 1.82) is 0 Å². The first kappa shape index (κ1) is 50.5. The highest BCUT2D eigenvalue weighted by Gasteiger charge is 2.17. The molecule has 0 aliphatic heterocycles. The first-order chi connectivity index (χ1) is 26.7. The van der Waals surface area contributed by atoms with Crippen molar-refractivity contribution >= 4 is 5.91 Å². The van der Waals surface area contributed by atoms with Gasteiger partial charge >= 0.3 is 0 Å². The minimum Gasteiger partial charge on any atom is -0.394 e. The normalized spacial score (nSPS) is 14.4. The Morgan fingerprint density at radius 1 is 0.463 bits per heavy atom. The van der Waals surface area contributed by atoms with Gasteiger partial charge in [-0.25, -0.2) is 0 Å². The van der Waals surface area contributed by atoms with E-state index in [9.17, 15) is 15.0 Å². The summed E-state index contributed by atoms with van der Waals surface area (Å²) in [5, 5.41) is 22.8. The summed E-state index contributed by atoms with van der Waals surface area (Å²) >= 11 is 0. The summed E-state index contributed by atoms with van der Waals surface area (Å²) in [6, 6.07) is -0.662. The van der Waals surface area contributed by atoms with E-state index in [0.717, 1.165) is 109 Å². The zero-order valence-corrected chi connectivity index (χ0v) is 34.4. The number of nitrogens with one attached hydrogen (secondary N) is 1. The predicted molar refractivity (Wildman–Crippen MR) is 238 cm³/mol. The Labute approximate surface area is 332 Å². The molecule has 54 heavy (non-hydrogen) atoms. The first-order valence-corrected chi connectivity index (χ1v) is 21.4. The molecule has 0 aromatic heterocycles. The quantitative estimate of drug-likeness (QED) is 0.0442. The SMILES string of the molecule is CC/C=C\C/C=C\C/C=C\C/C=C\C/C=C\C/C=C\C/C=C\C/C=C\CCCCCCCCC(=O)NC(CO)C(O)/C=C/CC/C=C/CC/C=C/CCC. The third-order valence-corrected chi connectivity index (χ3v) is 8.58. The van der Waals surface area contributed by atoms with Gasteiger partial charge in [0, 0.05) is 6.42 Å². The zero-order chi connectivity index (χ0) is 39.3. The monoisotopic (exact) mass is 742 g/mol. The van der Waals surface area contributed by atoms with E-state index >= 15 is 0 Å². The van der Waals surface area contributed by atoms with Crippen LogP contribution in [0.4, 0.5) is 0 Å². The van der Waals surface area contributed by atoms with E-state index in [4.69, 9.17) is 0 Å². The van der Waals surface area contributed by atoms with Crippen LogP contribution in [0.5, 0.6) is 0 Å². The van der Waals surface area contributed by atoms with Crippen molar-refractivity contribution in [3.63, 3.8) is 0 Å². The van der Waals surface area contributed by atoms with Crippen molar-refractivity contribution in [3.8, 4) is 0 Å². The fraction of sp³-hybridized carbons (Fsp3) is 0.540. The number of hydrogen-bond acceptors (Lipinski definition) is 3. The number of aliphatic hydroxyl groups excluding tert-OH is 2. The van der Waals surface area contributed by atoms with Gasteiger partial charge in [-0.15, -0.1) is 0 Å². The largest absolute Gasteiger partial charge is 0.394 e. The Morgan fingerprint density at radius 3 is 1.28 bits per heavy atom. The molecular weight excluding hydrogens is 663 g/mol. The van der Waals surface area contributed by atoms with Gasteiger partial charge in [0.15, 0.2) is 0 Å². The molecular formula is C50H79NO3. The lowest BCUT2D eigenvalue weighted by Crippen LogP contribution is -2.45. The average molecular weight is 742 g/mol. The van der Waals surface area contributed by atoms with Crippen LogP contribution in [-0.4, -0.2) is 34.9 Å². The maximum absolute atomic E-state index is 12.3.